The molecule has 0 bridgehead atoms. The molecule has 2 N–H and O–H groups in total. The van der Waals surface area contributed by atoms with Crippen LogP contribution in [0.4, 0.5) is 0 Å². The first-order chi connectivity index (χ1) is 11.5. The molecule has 0 unspecified atom stereocenters. The molecule has 1 saturated heterocycles. The molecule has 0 aromatic rings. The predicted molar refractivity (Wildman–Crippen MR) is 73.3 cm³/mol. The number of hydrogen-bond donors (Lipinski definition) is 2. The monoisotopic (exact) mass is 361 g/mol. The number of carboxylic acid groups (broad SMARTS) is 1. The van der Waals surface area contributed by atoms with Crippen molar-refractivity contribution in [3.05, 3.63) is 10.4 Å². The van der Waals surface area contributed by atoms with E-state index in [1.54, 1.807) is 0 Å². The third kappa shape index (κ3) is 4.79. The van der Waals surface area contributed by atoms with Crippen LogP contribution in [0.2, 0.25) is 0 Å². The van der Waals surface area contributed by atoms with Crippen molar-refractivity contribution in [3.8, 4) is 0 Å². The van der Waals surface area contributed by atoms with Crippen molar-refractivity contribution in [1.29, 1.82) is 0 Å². The van der Waals surface area contributed by atoms with Crippen molar-refractivity contribution in [2.45, 2.75) is 51.1 Å². The first kappa shape index (κ1) is 20.2. The summed E-state index contributed by atoms with van der Waals surface area (Å²) in [4.78, 5) is 47.6. The summed E-state index contributed by atoms with van der Waals surface area (Å²) < 4.78 is 19.2. The summed E-state index contributed by atoms with van der Waals surface area (Å²) in [6, 6.07) is 0. The summed E-state index contributed by atoms with van der Waals surface area (Å²) in [6.45, 7) is 2.80. The molecule has 1 aliphatic heterocycles. The van der Waals surface area contributed by atoms with Gasteiger partial charge in [-0.2, -0.15) is 0 Å². The molecule has 1 rings (SSSR count). The Morgan fingerprint density at radius 1 is 1.04 bits per heavy atom. The number of aliphatic hydroxyl groups is 1. The van der Waals surface area contributed by atoms with Crippen molar-refractivity contribution in [3.63, 3.8) is 0 Å². The zero-order chi connectivity index (χ0) is 19.4. The van der Waals surface area contributed by atoms with Gasteiger partial charge in [-0.05, 0) is 10.6 Å². The molecule has 138 valence electrons. The summed E-state index contributed by atoms with van der Waals surface area (Å²) in [7, 11) is 0. The van der Waals surface area contributed by atoms with E-state index in [9.17, 15) is 29.4 Å². The third-order valence-electron chi connectivity index (χ3n) is 2.92. The molecule has 1 heterocycles. The first-order valence-electron chi connectivity index (χ1n) is 6.72. The maximum atomic E-state index is 11.4. The van der Waals surface area contributed by atoms with Gasteiger partial charge in [0.1, 0.15) is 0 Å². The lowest BCUT2D eigenvalue weighted by Crippen LogP contribution is -2.68. The van der Waals surface area contributed by atoms with Crippen molar-refractivity contribution < 1.29 is 48.3 Å². The fourth-order valence-electron chi connectivity index (χ4n) is 2.18. The van der Waals surface area contributed by atoms with Gasteiger partial charge in [-0.15, -0.1) is 0 Å². The number of nitrogens with zero attached hydrogens (tertiary/aromatic N) is 3. The highest BCUT2D eigenvalue weighted by Crippen LogP contribution is 2.35. The number of hydrogen-bond acceptors (Lipinski definition) is 10. The standard InChI is InChI=1S/C12H15N3O10/c1-4(16)22-7-8(23-5(2)17)10(24-6(3)18)12(21,14-15-13)25-9(7)11(19)20/h7-10,21H,1-3H3,(H,19,20)/t7-,8-,9-,10+,12-/m0/s1. The molecular formula is C12H15N3O10. The minimum atomic E-state index is -3.03. The van der Waals surface area contributed by atoms with Crippen molar-refractivity contribution in [1.82, 2.24) is 0 Å². The van der Waals surface area contributed by atoms with Gasteiger partial charge in [-0.1, -0.05) is 0 Å². The Balaban J connectivity index is 3.50. The van der Waals surface area contributed by atoms with Crippen LogP contribution in [0.5, 0.6) is 0 Å². The highest BCUT2D eigenvalue weighted by molar-refractivity contribution is 5.75. The number of carboxylic acids is 1. The molecule has 25 heavy (non-hydrogen) atoms. The third-order valence-corrected chi connectivity index (χ3v) is 2.92. The lowest BCUT2D eigenvalue weighted by molar-refractivity contribution is -0.341. The van der Waals surface area contributed by atoms with Crippen LogP contribution in [0, 0.1) is 0 Å². The normalized spacial score (nSPS) is 31.2. The van der Waals surface area contributed by atoms with E-state index < -0.39 is 54.2 Å². The summed E-state index contributed by atoms with van der Waals surface area (Å²) in [5.74, 6) is -7.70. The molecule has 13 nitrogen and oxygen atoms in total. The topological polar surface area (TPSA) is 194 Å². The van der Waals surface area contributed by atoms with Crippen LogP contribution in [0.1, 0.15) is 20.8 Å². The Morgan fingerprint density at radius 2 is 1.52 bits per heavy atom. The summed E-state index contributed by atoms with van der Waals surface area (Å²) in [6.07, 6.45) is -7.70. The van der Waals surface area contributed by atoms with Crippen LogP contribution in [-0.2, 0) is 38.1 Å². The molecule has 0 aliphatic carbocycles. The quantitative estimate of drug-likeness (QED) is 0.206. The van der Waals surface area contributed by atoms with E-state index in [-0.39, 0.29) is 0 Å². The zero-order valence-electron chi connectivity index (χ0n) is 13.3. The fraction of sp³-hybridized carbons (Fsp3) is 0.667. The van der Waals surface area contributed by atoms with E-state index in [0.29, 0.717) is 0 Å². The van der Waals surface area contributed by atoms with Crippen LogP contribution in [0.25, 0.3) is 10.4 Å². The van der Waals surface area contributed by atoms with Crippen LogP contribution in [-0.4, -0.2) is 64.4 Å². The van der Waals surface area contributed by atoms with Gasteiger partial charge in [0, 0.05) is 25.7 Å². The summed E-state index contributed by atoms with van der Waals surface area (Å²) >= 11 is 0. The van der Waals surface area contributed by atoms with E-state index in [1.165, 1.54) is 0 Å². The van der Waals surface area contributed by atoms with Crippen LogP contribution in [0.3, 0.4) is 0 Å². The molecular weight excluding hydrogens is 346 g/mol. The van der Waals surface area contributed by atoms with Gasteiger partial charge in [0.2, 0.25) is 6.10 Å². The highest BCUT2D eigenvalue weighted by atomic mass is 16.7. The van der Waals surface area contributed by atoms with Crippen LogP contribution in [0.15, 0.2) is 5.11 Å². The minimum absolute atomic E-state index is 0.922. The molecule has 5 atom stereocenters. The number of aliphatic carboxylic acids is 1. The highest BCUT2D eigenvalue weighted by Gasteiger charge is 2.61. The summed E-state index contributed by atoms with van der Waals surface area (Å²) in [5, 5.41) is 22.4. The van der Waals surface area contributed by atoms with E-state index in [4.69, 9.17) is 24.5 Å². The molecule has 1 aliphatic rings. The van der Waals surface area contributed by atoms with E-state index in [2.05, 4.69) is 10.0 Å². The van der Waals surface area contributed by atoms with Gasteiger partial charge in [-0.3, -0.25) is 14.4 Å². The molecule has 1 fully saturated rings. The summed E-state index contributed by atoms with van der Waals surface area (Å²) in [5.41, 5.74) is 8.58. The van der Waals surface area contributed by atoms with E-state index in [0.717, 1.165) is 20.8 Å². The number of ether oxygens (including phenoxy) is 4. The smallest absolute Gasteiger partial charge is 0.337 e. The van der Waals surface area contributed by atoms with Gasteiger partial charge in [0.15, 0.2) is 18.3 Å². The second kappa shape index (κ2) is 7.79. The Morgan fingerprint density at radius 3 is 1.92 bits per heavy atom. The van der Waals surface area contributed by atoms with Crippen LogP contribution >= 0.6 is 0 Å². The minimum Gasteiger partial charge on any atom is -0.479 e. The van der Waals surface area contributed by atoms with Crippen molar-refractivity contribution in [2.75, 3.05) is 0 Å². The maximum Gasteiger partial charge on any atom is 0.337 e. The lowest BCUT2D eigenvalue weighted by atomic mass is 9.95. The van der Waals surface area contributed by atoms with Gasteiger partial charge in [0.25, 0.3) is 5.91 Å². The van der Waals surface area contributed by atoms with Gasteiger partial charge >= 0.3 is 23.9 Å². The zero-order valence-corrected chi connectivity index (χ0v) is 13.3. The van der Waals surface area contributed by atoms with Gasteiger partial charge < -0.3 is 29.2 Å². The molecule has 0 spiro atoms. The average molecular weight is 361 g/mol. The molecule has 0 aromatic heterocycles. The average Bonchev–Trinajstić information content (AvgIpc) is 2.44. The van der Waals surface area contributed by atoms with E-state index in [1.807, 2.05) is 0 Å². The maximum absolute atomic E-state index is 11.4. The van der Waals surface area contributed by atoms with Crippen molar-refractivity contribution in [2.24, 2.45) is 5.11 Å². The Labute approximate surface area is 140 Å². The van der Waals surface area contributed by atoms with E-state index >= 15 is 0 Å². The molecule has 13 heteroatoms. The second-order valence-electron chi connectivity index (χ2n) is 4.90. The number of azide groups is 1. The van der Waals surface area contributed by atoms with Crippen LogP contribution < -0.4 is 0 Å². The van der Waals surface area contributed by atoms with Gasteiger partial charge in [-0.25, -0.2) is 4.79 Å². The number of esters is 3. The first-order valence-corrected chi connectivity index (χ1v) is 6.72. The molecule has 0 saturated carbocycles. The lowest BCUT2D eigenvalue weighted by Gasteiger charge is -2.45. The SMILES string of the molecule is CC(=O)O[C@H]1[C@H](OC(C)=O)[C@@H](OC(C)=O)[C@@](O)(N=[N+]=[N-])O[C@@H]1C(=O)O. The number of carbonyl (C=O) groups excluding carboxylic acids is 3. The predicted octanol–water partition coefficient (Wildman–Crippen LogP) is -0.779. The Bertz CT molecular complexity index is 631. The Hall–Kier alpha value is -2.89. The van der Waals surface area contributed by atoms with Crippen molar-refractivity contribution >= 4 is 23.9 Å². The molecule has 0 aromatic carbocycles. The fourth-order valence-corrected chi connectivity index (χ4v) is 2.18. The van der Waals surface area contributed by atoms with Gasteiger partial charge in [0.05, 0.1) is 0 Å². The second-order valence-corrected chi connectivity index (χ2v) is 4.90. The molecule has 0 amide bonds. The molecule has 0 radical (unpaired) electrons. The largest absolute Gasteiger partial charge is 0.479 e. The number of rotatable bonds is 5. The Kier molecular flexibility index (Phi) is 6.28. The number of carbonyl (C=O) groups is 4.